The van der Waals surface area contributed by atoms with Gasteiger partial charge in [-0.1, -0.05) is 30.7 Å². The first-order valence-electron chi connectivity index (χ1n) is 12.0. The number of pyridine rings is 1. The van der Waals surface area contributed by atoms with Gasteiger partial charge in [-0.3, -0.25) is 4.98 Å². The normalized spacial score (nSPS) is 14.3. The monoisotopic (exact) mass is 487 g/mol. The summed E-state index contributed by atoms with van der Waals surface area (Å²) in [7, 11) is 0. The van der Waals surface area contributed by atoms with E-state index >= 15 is 0 Å². The number of anilines is 4. The van der Waals surface area contributed by atoms with E-state index in [2.05, 4.69) is 61.6 Å². The molecule has 1 saturated heterocycles. The average molecular weight is 488 g/mol. The van der Waals surface area contributed by atoms with E-state index in [0.717, 1.165) is 78.0 Å². The molecule has 7 nitrogen and oxygen atoms in total. The number of fused-ring (bicyclic) bond motifs is 1. The first-order chi connectivity index (χ1) is 17.1. The van der Waals surface area contributed by atoms with E-state index in [1.807, 2.05) is 37.3 Å². The van der Waals surface area contributed by atoms with Gasteiger partial charge in [-0.15, -0.1) is 0 Å². The molecule has 3 heterocycles. The summed E-state index contributed by atoms with van der Waals surface area (Å²) in [6.07, 6.45) is 1.80. The van der Waals surface area contributed by atoms with Crippen LogP contribution in [-0.4, -0.2) is 52.6 Å². The summed E-state index contributed by atoms with van der Waals surface area (Å²) in [5.74, 6) is 1.66. The molecule has 5 rings (SSSR count). The van der Waals surface area contributed by atoms with Gasteiger partial charge in [-0.2, -0.15) is 4.98 Å². The highest BCUT2D eigenvalue weighted by atomic mass is 35.5. The summed E-state index contributed by atoms with van der Waals surface area (Å²) >= 11 is 6.13. The number of nitrogens with one attached hydrogen (secondary N) is 2. The van der Waals surface area contributed by atoms with Gasteiger partial charge in [0.2, 0.25) is 5.95 Å². The molecule has 0 spiro atoms. The number of aromatic nitrogens is 3. The minimum atomic E-state index is 0.668. The Kier molecular flexibility index (Phi) is 6.97. The number of piperazine rings is 1. The molecule has 0 radical (unpaired) electrons. The van der Waals surface area contributed by atoms with E-state index in [9.17, 15) is 0 Å². The molecule has 0 unspecified atom stereocenters. The van der Waals surface area contributed by atoms with Gasteiger partial charge in [-0.05, 0) is 55.4 Å². The molecular weight excluding hydrogens is 458 g/mol. The lowest BCUT2D eigenvalue weighted by molar-refractivity contribution is 0.270. The molecule has 2 aromatic heterocycles. The Morgan fingerprint density at radius 3 is 2.66 bits per heavy atom. The first-order valence-corrected chi connectivity index (χ1v) is 12.4. The molecule has 0 atom stereocenters. The number of likely N-dealkylation sites (N-methyl/N-ethyl adjacent to an activating group) is 1. The van der Waals surface area contributed by atoms with Crippen molar-refractivity contribution < 1.29 is 0 Å². The van der Waals surface area contributed by atoms with E-state index < -0.39 is 0 Å². The fourth-order valence-electron chi connectivity index (χ4n) is 4.39. The molecule has 0 amide bonds. The standard InChI is InChI=1S/C27H30ClN7/c1-3-34-11-13-35(14-12-34)27-31-19(2)15-26(33-27)30-18-20-5-4-6-22(16-20)32-24-9-10-29-25-17-21(28)7-8-23(24)25/h4-10,15-17H,3,11-14,18H2,1-2H3,(H,29,32)(H,30,31,33). The third kappa shape index (κ3) is 5.63. The summed E-state index contributed by atoms with van der Waals surface area (Å²) in [6, 6.07) is 18.1. The number of hydrogen-bond donors (Lipinski definition) is 2. The Hall–Kier alpha value is -3.42. The third-order valence-corrected chi connectivity index (χ3v) is 6.56. The van der Waals surface area contributed by atoms with E-state index in [1.165, 1.54) is 0 Å². The molecule has 180 valence electrons. The lowest BCUT2D eigenvalue weighted by Gasteiger charge is -2.34. The number of benzene rings is 2. The SMILES string of the molecule is CCN1CCN(c2nc(C)cc(NCc3cccc(Nc4ccnc5cc(Cl)ccc45)c3)n2)CC1. The van der Waals surface area contributed by atoms with Crippen molar-refractivity contribution in [1.82, 2.24) is 19.9 Å². The molecule has 1 aliphatic heterocycles. The maximum atomic E-state index is 6.13. The van der Waals surface area contributed by atoms with Crippen LogP contribution in [0, 0.1) is 6.92 Å². The van der Waals surface area contributed by atoms with Crippen LogP contribution in [0.1, 0.15) is 18.2 Å². The summed E-state index contributed by atoms with van der Waals surface area (Å²) in [5, 5.41) is 8.73. The van der Waals surface area contributed by atoms with Crippen molar-refractivity contribution in [2.24, 2.45) is 0 Å². The molecule has 4 aromatic rings. The van der Waals surface area contributed by atoms with Crippen molar-refractivity contribution in [3.8, 4) is 0 Å². The Labute approximate surface area is 211 Å². The van der Waals surface area contributed by atoms with Crippen LogP contribution in [0.2, 0.25) is 5.02 Å². The highest BCUT2D eigenvalue weighted by Gasteiger charge is 2.18. The predicted octanol–water partition coefficient (Wildman–Crippen LogP) is 5.48. The van der Waals surface area contributed by atoms with Crippen LogP contribution < -0.4 is 15.5 Å². The summed E-state index contributed by atoms with van der Waals surface area (Å²) in [5.41, 5.74) is 5.00. The summed E-state index contributed by atoms with van der Waals surface area (Å²) < 4.78 is 0. The van der Waals surface area contributed by atoms with Crippen molar-refractivity contribution in [2.45, 2.75) is 20.4 Å². The highest BCUT2D eigenvalue weighted by molar-refractivity contribution is 6.31. The molecule has 0 aliphatic carbocycles. The van der Waals surface area contributed by atoms with Gasteiger partial charge in [0, 0.05) is 72.5 Å². The molecule has 0 saturated carbocycles. The molecule has 0 bridgehead atoms. The summed E-state index contributed by atoms with van der Waals surface area (Å²) in [4.78, 5) is 18.7. The van der Waals surface area contributed by atoms with E-state index in [-0.39, 0.29) is 0 Å². The lowest BCUT2D eigenvalue weighted by Crippen LogP contribution is -2.46. The Morgan fingerprint density at radius 1 is 0.971 bits per heavy atom. The second-order valence-electron chi connectivity index (χ2n) is 8.81. The van der Waals surface area contributed by atoms with Gasteiger partial charge in [0.05, 0.1) is 5.52 Å². The topological polar surface area (TPSA) is 69.2 Å². The van der Waals surface area contributed by atoms with Gasteiger partial charge < -0.3 is 20.4 Å². The zero-order valence-electron chi connectivity index (χ0n) is 20.1. The largest absolute Gasteiger partial charge is 0.366 e. The van der Waals surface area contributed by atoms with Crippen LogP contribution in [0.4, 0.5) is 23.1 Å². The van der Waals surface area contributed by atoms with Crippen molar-refractivity contribution in [2.75, 3.05) is 48.3 Å². The van der Waals surface area contributed by atoms with E-state index in [1.54, 1.807) is 6.20 Å². The van der Waals surface area contributed by atoms with Crippen molar-refractivity contribution in [3.63, 3.8) is 0 Å². The van der Waals surface area contributed by atoms with Crippen molar-refractivity contribution in [1.29, 1.82) is 0 Å². The zero-order chi connectivity index (χ0) is 24.2. The quantitative estimate of drug-likeness (QED) is 0.357. The highest BCUT2D eigenvalue weighted by Crippen LogP contribution is 2.27. The van der Waals surface area contributed by atoms with E-state index in [4.69, 9.17) is 16.6 Å². The van der Waals surface area contributed by atoms with Crippen LogP contribution in [0.5, 0.6) is 0 Å². The molecule has 1 aliphatic rings. The zero-order valence-corrected chi connectivity index (χ0v) is 20.9. The molecule has 8 heteroatoms. The van der Waals surface area contributed by atoms with Crippen molar-refractivity contribution >= 4 is 45.6 Å². The third-order valence-electron chi connectivity index (χ3n) is 6.33. The first kappa shape index (κ1) is 23.3. The van der Waals surface area contributed by atoms with Gasteiger partial charge in [0.1, 0.15) is 5.82 Å². The van der Waals surface area contributed by atoms with Crippen LogP contribution >= 0.6 is 11.6 Å². The van der Waals surface area contributed by atoms with Crippen LogP contribution in [-0.2, 0) is 6.54 Å². The number of aryl methyl sites for hydroxylation is 1. The molecular formula is C27H30ClN7. The van der Waals surface area contributed by atoms with E-state index in [0.29, 0.717) is 11.6 Å². The van der Waals surface area contributed by atoms with Gasteiger partial charge in [-0.25, -0.2) is 4.98 Å². The minimum absolute atomic E-state index is 0.668. The van der Waals surface area contributed by atoms with Crippen LogP contribution in [0.15, 0.2) is 60.8 Å². The summed E-state index contributed by atoms with van der Waals surface area (Å²) in [6.45, 7) is 10.0. The maximum absolute atomic E-state index is 6.13. The fourth-order valence-corrected chi connectivity index (χ4v) is 4.55. The lowest BCUT2D eigenvalue weighted by atomic mass is 10.1. The van der Waals surface area contributed by atoms with Gasteiger partial charge in [0.15, 0.2) is 0 Å². The maximum Gasteiger partial charge on any atom is 0.227 e. The number of halogens is 1. The second-order valence-corrected chi connectivity index (χ2v) is 9.25. The van der Waals surface area contributed by atoms with Crippen LogP contribution in [0.3, 0.4) is 0 Å². The Morgan fingerprint density at radius 2 is 1.83 bits per heavy atom. The molecule has 2 N–H and O–H groups in total. The number of rotatable bonds is 7. The minimum Gasteiger partial charge on any atom is -0.366 e. The molecule has 2 aromatic carbocycles. The molecule has 1 fully saturated rings. The Balaban J connectivity index is 1.27. The smallest absolute Gasteiger partial charge is 0.227 e. The molecule has 35 heavy (non-hydrogen) atoms. The fraction of sp³-hybridized carbons (Fsp3) is 0.296. The van der Waals surface area contributed by atoms with Crippen LogP contribution in [0.25, 0.3) is 10.9 Å². The van der Waals surface area contributed by atoms with Crippen molar-refractivity contribution in [3.05, 3.63) is 77.1 Å². The Bertz CT molecular complexity index is 1320. The predicted molar refractivity (Wildman–Crippen MR) is 145 cm³/mol. The van der Waals surface area contributed by atoms with Gasteiger partial charge in [0.25, 0.3) is 0 Å². The number of nitrogens with zero attached hydrogens (tertiary/aromatic N) is 5. The van der Waals surface area contributed by atoms with Gasteiger partial charge >= 0.3 is 0 Å². The average Bonchev–Trinajstić information content (AvgIpc) is 2.87. The number of hydrogen-bond acceptors (Lipinski definition) is 7. The second kappa shape index (κ2) is 10.5.